The Kier molecular flexibility index (Phi) is 7.68. The standard InChI is InChI=1S/C21H34BN/c1-14-8-9-21(13-15(14)2)10-11-23-20(7)18(5)16(3)12-17(4)19(6)22/h8-9,13,16-17,19,23H,5,7,10-12,22H2,1-4,6H3. The Hall–Kier alpha value is -1.44. The summed E-state index contributed by atoms with van der Waals surface area (Å²) in [6, 6.07) is 6.70. The van der Waals surface area contributed by atoms with Gasteiger partial charge in [0.05, 0.1) is 0 Å². The SMILES string of the molecule is BC(C)C(C)CC(C)C(=C)C(=C)NCCc1ccc(C)c(C)c1. The molecular formula is C21H34BN. The first-order valence-electron chi connectivity index (χ1n) is 8.90. The van der Waals surface area contributed by atoms with E-state index in [-0.39, 0.29) is 0 Å². The smallest absolute Gasteiger partial charge is 0.105 e. The van der Waals surface area contributed by atoms with Crippen LogP contribution in [0.4, 0.5) is 0 Å². The lowest BCUT2D eigenvalue weighted by atomic mass is 9.74. The van der Waals surface area contributed by atoms with Crippen LogP contribution in [0.15, 0.2) is 42.6 Å². The van der Waals surface area contributed by atoms with E-state index < -0.39 is 0 Å². The number of hydrogen-bond donors (Lipinski definition) is 1. The van der Waals surface area contributed by atoms with E-state index in [9.17, 15) is 0 Å². The van der Waals surface area contributed by atoms with E-state index in [1.165, 1.54) is 23.1 Å². The Bertz CT molecular complexity index is 545. The van der Waals surface area contributed by atoms with Crippen LogP contribution in [0.1, 0.15) is 43.9 Å². The van der Waals surface area contributed by atoms with Gasteiger partial charge in [0.25, 0.3) is 0 Å². The van der Waals surface area contributed by atoms with Crippen LogP contribution in [0.3, 0.4) is 0 Å². The number of nitrogens with one attached hydrogen (secondary N) is 1. The van der Waals surface area contributed by atoms with Gasteiger partial charge in [-0.2, -0.15) is 0 Å². The molecule has 0 spiro atoms. The fourth-order valence-corrected chi connectivity index (χ4v) is 2.70. The van der Waals surface area contributed by atoms with Crippen molar-refractivity contribution in [2.45, 2.75) is 53.3 Å². The zero-order valence-electron chi connectivity index (χ0n) is 16.0. The predicted molar refractivity (Wildman–Crippen MR) is 107 cm³/mol. The first-order valence-corrected chi connectivity index (χ1v) is 8.90. The minimum atomic E-state index is 0.481. The van der Waals surface area contributed by atoms with Gasteiger partial charge in [-0.05, 0) is 60.8 Å². The molecule has 126 valence electrons. The van der Waals surface area contributed by atoms with Crippen molar-refractivity contribution in [3.63, 3.8) is 0 Å². The van der Waals surface area contributed by atoms with E-state index in [0.29, 0.717) is 11.8 Å². The maximum Gasteiger partial charge on any atom is 0.105 e. The first kappa shape index (κ1) is 19.6. The van der Waals surface area contributed by atoms with Crippen molar-refractivity contribution in [3.8, 4) is 0 Å². The van der Waals surface area contributed by atoms with Crippen LogP contribution < -0.4 is 5.32 Å². The molecule has 0 amide bonds. The van der Waals surface area contributed by atoms with Crippen molar-refractivity contribution in [2.75, 3.05) is 6.54 Å². The summed E-state index contributed by atoms with van der Waals surface area (Å²) in [6.07, 6.45) is 2.19. The fourth-order valence-electron chi connectivity index (χ4n) is 2.70. The monoisotopic (exact) mass is 311 g/mol. The molecule has 23 heavy (non-hydrogen) atoms. The molecule has 0 aliphatic heterocycles. The highest BCUT2D eigenvalue weighted by Crippen LogP contribution is 2.27. The van der Waals surface area contributed by atoms with Gasteiger partial charge in [0, 0.05) is 12.2 Å². The van der Waals surface area contributed by atoms with Crippen LogP contribution in [0, 0.1) is 25.7 Å². The quantitative estimate of drug-likeness (QED) is 0.519. The topological polar surface area (TPSA) is 12.0 Å². The molecule has 0 bridgehead atoms. The molecule has 0 aliphatic carbocycles. The third-order valence-corrected chi connectivity index (χ3v) is 5.17. The summed E-state index contributed by atoms with van der Waals surface area (Å²) in [6.45, 7) is 20.5. The van der Waals surface area contributed by atoms with Gasteiger partial charge in [-0.15, -0.1) is 0 Å². The zero-order chi connectivity index (χ0) is 17.6. The molecule has 0 aliphatic rings. The molecule has 3 unspecified atom stereocenters. The lowest BCUT2D eigenvalue weighted by molar-refractivity contribution is 0.443. The van der Waals surface area contributed by atoms with Gasteiger partial charge >= 0.3 is 0 Å². The molecule has 0 fully saturated rings. The van der Waals surface area contributed by atoms with Gasteiger partial charge in [-0.3, -0.25) is 0 Å². The minimum absolute atomic E-state index is 0.481. The van der Waals surface area contributed by atoms with Crippen molar-refractivity contribution in [2.24, 2.45) is 11.8 Å². The second-order valence-electron chi connectivity index (χ2n) is 7.46. The Morgan fingerprint density at radius 3 is 2.35 bits per heavy atom. The Labute approximate surface area is 144 Å². The van der Waals surface area contributed by atoms with Crippen molar-refractivity contribution in [3.05, 3.63) is 59.3 Å². The predicted octanol–water partition coefficient (Wildman–Crippen LogP) is 4.61. The van der Waals surface area contributed by atoms with E-state index >= 15 is 0 Å². The summed E-state index contributed by atoms with van der Waals surface area (Å²) in [5, 5.41) is 3.45. The molecule has 2 heteroatoms. The third-order valence-electron chi connectivity index (χ3n) is 5.17. The van der Waals surface area contributed by atoms with Crippen LogP contribution in [-0.2, 0) is 6.42 Å². The molecule has 0 heterocycles. The highest BCUT2D eigenvalue weighted by Gasteiger charge is 2.15. The molecule has 0 radical (unpaired) electrons. The maximum absolute atomic E-state index is 4.26. The normalized spacial score (nSPS) is 14.8. The van der Waals surface area contributed by atoms with Crippen LogP contribution in [0.25, 0.3) is 0 Å². The summed E-state index contributed by atoms with van der Waals surface area (Å²) in [7, 11) is 2.29. The first-order chi connectivity index (χ1) is 10.7. The summed E-state index contributed by atoms with van der Waals surface area (Å²) in [5.41, 5.74) is 6.24. The lowest BCUT2D eigenvalue weighted by Crippen LogP contribution is -2.20. The summed E-state index contributed by atoms with van der Waals surface area (Å²) < 4.78 is 0. The number of allylic oxidation sites excluding steroid dienone is 1. The van der Waals surface area contributed by atoms with Crippen LogP contribution in [-0.4, -0.2) is 14.4 Å². The van der Waals surface area contributed by atoms with Gasteiger partial charge in [0.15, 0.2) is 0 Å². The van der Waals surface area contributed by atoms with Gasteiger partial charge in [0.1, 0.15) is 7.85 Å². The van der Waals surface area contributed by atoms with E-state index in [1.807, 2.05) is 0 Å². The highest BCUT2D eigenvalue weighted by atomic mass is 14.9. The number of aryl methyl sites for hydroxylation is 2. The Morgan fingerprint density at radius 2 is 1.78 bits per heavy atom. The van der Waals surface area contributed by atoms with E-state index in [1.54, 1.807) is 0 Å². The van der Waals surface area contributed by atoms with Crippen molar-refractivity contribution >= 4 is 7.85 Å². The lowest BCUT2D eigenvalue weighted by Gasteiger charge is -2.23. The second-order valence-corrected chi connectivity index (χ2v) is 7.46. The van der Waals surface area contributed by atoms with Crippen molar-refractivity contribution in [1.29, 1.82) is 0 Å². The molecule has 1 rings (SSSR count). The molecule has 1 aromatic carbocycles. The number of benzene rings is 1. The van der Waals surface area contributed by atoms with Gasteiger partial charge in [-0.25, -0.2) is 0 Å². The highest BCUT2D eigenvalue weighted by molar-refractivity contribution is 6.11. The van der Waals surface area contributed by atoms with E-state index in [4.69, 9.17) is 0 Å². The Morgan fingerprint density at radius 1 is 1.13 bits per heavy atom. The van der Waals surface area contributed by atoms with Crippen molar-refractivity contribution < 1.29 is 0 Å². The number of rotatable bonds is 9. The molecule has 0 aromatic heterocycles. The van der Waals surface area contributed by atoms with E-state index in [2.05, 4.69) is 79.1 Å². The molecule has 0 saturated carbocycles. The largest absolute Gasteiger partial charge is 0.385 e. The van der Waals surface area contributed by atoms with Gasteiger partial charge in [-0.1, -0.05) is 57.9 Å². The summed E-state index contributed by atoms with van der Waals surface area (Å²) >= 11 is 0. The zero-order valence-corrected chi connectivity index (χ0v) is 16.0. The molecule has 3 atom stereocenters. The summed E-state index contributed by atoms with van der Waals surface area (Å²) in [4.78, 5) is 0. The van der Waals surface area contributed by atoms with Crippen LogP contribution >= 0.6 is 0 Å². The average Bonchev–Trinajstić information content (AvgIpc) is 2.49. The van der Waals surface area contributed by atoms with E-state index in [0.717, 1.165) is 30.1 Å². The third kappa shape index (κ3) is 6.29. The fraction of sp³-hybridized carbons (Fsp3) is 0.524. The maximum atomic E-state index is 4.26. The van der Waals surface area contributed by atoms with Gasteiger partial charge < -0.3 is 5.32 Å². The molecule has 1 aromatic rings. The second kappa shape index (κ2) is 9.01. The molecule has 1 nitrogen and oxygen atoms in total. The minimum Gasteiger partial charge on any atom is -0.385 e. The Balaban J connectivity index is 2.43. The van der Waals surface area contributed by atoms with Crippen molar-refractivity contribution in [1.82, 2.24) is 5.32 Å². The average molecular weight is 311 g/mol. The van der Waals surface area contributed by atoms with Gasteiger partial charge in [0.2, 0.25) is 0 Å². The van der Waals surface area contributed by atoms with Crippen LogP contribution in [0.5, 0.6) is 0 Å². The van der Waals surface area contributed by atoms with Crippen LogP contribution in [0.2, 0.25) is 5.82 Å². The summed E-state index contributed by atoms with van der Waals surface area (Å²) in [5.74, 6) is 1.91. The molecule has 1 N–H and O–H groups in total. The molecule has 0 saturated heterocycles. The molecular weight excluding hydrogens is 277 g/mol. The number of hydrogen-bond acceptors (Lipinski definition) is 1.